The predicted octanol–water partition coefficient (Wildman–Crippen LogP) is 2.99. The lowest BCUT2D eigenvalue weighted by Crippen LogP contribution is -2.43. The van der Waals surface area contributed by atoms with E-state index in [-0.39, 0.29) is 12.0 Å². The molecule has 3 heteroatoms. The lowest BCUT2D eigenvalue weighted by Gasteiger charge is -2.32. The van der Waals surface area contributed by atoms with Gasteiger partial charge in [-0.1, -0.05) is 43.7 Å². The molecule has 1 saturated heterocycles. The van der Waals surface area contributed by atoms with Crippen LogP contribution in [-0.2, 0) is 16.1 Å². The van der Waals surface area contributed by atoms with Crippen LogP contribution in [0.15, 0.2) is 30.3 Å². The molecule has 1 aliphatic rings. The van der Waals surface area contributed by atoms with Crippen LogP contribution in [0.2, 0.25) is 0 Å². The average molecular weight is 261 g/mol. The zero-order valence-electron chi connectivity index (χ0n) is 11.7. The molecule has 104 valence electrons. The average Bonchev–Trinajstić information content (AvgIpc) is 2.44. The number of nitrogens with zero attached hydrogens (tertiary/aromatic N) is 1. The third-order valence-electron chi connectivity index (χ3n) is 3.52. The minimum atomic E-state index is 0.216. The maximum Gasteiger partial charge on any atom is 0.223 e. The van der Waals surface area contributed by atoms with E-state index in [4.69, 9.17) is 4.74 Å². The van der Waals surface area contributed by atoms with Crippen molar-refractivity contribution < 1.29 is 9.53 Å². The first kappa shape index (κ1) is 14.1. The minimum Gasteiger partial charge on any atom is -0.376 e. The highest BCUT2D eigenvalue weighted by Crippen LogP contribution is 2.17. The zero-order valence-corrected chi connectivity index (χ0v) is 11.7. The Bertz CT molecular complexity index is 391. The van der Waals surface area contributed by atoms with Crippen molar-refractivity contribution in [1.29, 1.82) is 0 Å². The quantitative estimate of drug-likeness (QED) is 0.737. The fourth-order valence-corrected chi connectivity index (χ4v) is 2.37. The molecule has 0 radical (unpaired) electrons. The van der Waals surface area contributed by atoms with Crippen molar-refractivity contribution in [2.75, 3.05) is 13.2 Å². The van der Waals surface area contributed by atoms with Crippen LogP contribution >= 0.6 is 0 Å². The lowest BCUT2D eigenvalue weighted by molar-refractivity contribution is -0.139. The summed E-state index contributed by atoms with van der Waals surface area (Å²) in [7, 11) is 0. The van der Waals surface area contributed by atoms with Crippen molar-refractivity contribution in [2.45, 2.75) is 45.3 Å². The van der Waals surface area contributed by atoms with Crippen LogP contribution in [0.4, 0.5) is 0 Å². The maximum atomic E-state index is 11.9. The molecule has 1 heterocycles. The topological polar surface area (TPSA) is 29.5 Å². The van der Waals surface area contributed by atoms with Gasteiger partial charge < -0.3 is 9.64 Å². The Balaban J connectivity index is 1.86. The van der Waals surface area contributed by atoms with Gasteiger partial charge in [0, 0.05) is 26.1 Å². The molecule has 0 spiro atoms. The van der Waals surface area contributed by atoms with Crippen molar-refractivity contribution in [3.63, 3.8) is 0 Å². The molecular formula is C16H23NO2. The highest BCUT2D eigenvalue weighted by molar-refractivity contribution is 5.77. The van der Waals surface area contributed by atoms with Gasteiger partial charge in [0.2, 0.25) is 5.91 Å². The molecule has 2 rings (SSSR count). The molecule has 1 aliphatic heterocycles. The molecule has 0 bridgehead atoms. The van der Waals surface area contributed by atoms with E-state index in [0.29, 0.717) is 13.0 Å². The van der Waals surface area contributed by atoms with Crippen LogP contribution in [0.3, 0.4) is 0 Å². The number of hydrogen-bond donors (Lipinski definition) is 0. The summed E-state index contributed by atoms with van der Waals surface area (Å²) in [6.07, 6.45) is 3.95. The van der Waals surface area contributed by atoms with E-state index < -0.39 is 0 Å². The molecule has 1 fully saturated rings. The molecule has 1 aromatic rings. The summed E-state index contributed by atoms with van der Waals surface area (Å²) < 4.78 is 5.85. The molecule has 1 aromatic carbocycles. The summed E-state index contributed by atoms with van der Waals surface area (Å²) in [4.78, 5) is 13.9. The van der Waals surface area contributed by atoms with E-state index >= 15 is 0 Å². The molecular weight excluding hydrogens is 238 g/mol. The highest BCUT2D eigenvalue weighted by Gasteiger charge is 2.25. The molecule has 1 amide bonds. The predicted molar refractivity (Wildman–Crippen MR) is 75.7 cm³/mol. The molecule has 1 atom stereocenters. The van der Waals surface area contributed by atoms with E-state index in [1.807, 2.05) is 23.1 Å². The van der Waals surface area contributed by atoms with Gasteiger partial charge in [-0.3, -0.25) is 4.79 Å². The summed E-state index contributed by atoms with van der Waals surface area (Å²) in [5.41, 5.74) is 1.19. The summed E-state index contributed by atoms with van der Waals surface area (Å²) in [6.45, 7) is 4.41. The van der Waals surface area contributed by atoms with E-state index in [9.17, 15) is 4.79 Å². The van der Waals surface area contributed by atoms with Crippen LogP contribution in [0.25, 0.3) is 0 Å². The number of rotatable bonds is 6. The smallest absolute Gasteiger partial charge is 0.223 e. The lowest BCUT2D eigenvalue weighted by atomic mass is 10.1. The second-order valence-corrected chi connectivity index (χ2v) is 5.14. The zero-order chi connectivity index (χ0) is 13.5. The number of amides is 1. The molecule has 0 aliphatic carbocycles. The third-order valence-corrected chi connectivity index (χ3v) is 3.52. The van der Waals surface area contributed by atoms with E-state index in [2.05, 4.69) is 19.1 Å². The normalized spacial score (nSPS) is 19.7. The van der Waals surface area contributed by atoms with Gasteiger partial charge in [0.15, 0.2) is 0 Å². The number of benzene rings is 1. The number of carbonyl (C=O) groups excluding carboxylic acids is 1. The number of piperidine rings is 1. The van der Waals surface area contributed by atoms with E-state index in [1.54, 1.807) is 0 Å². The number of ether oxygens (including phenoxy) is 1. The van der Waals surface area contributed by atoms with Crippen molar-refractivity contribution >= 4 is 5.91 Å². The fraction of sp³-hybridized carbons (Fsp3) is 0.562. The van der Waals surface area contributed by atoms with Crippen LogP contribution in [-0.4, -0.2) is 30.1 Å². The monoisotopic (exact) mass is 261 g/mol. The highest BCUT2D eigenvalue weighted by atomic mass is 16.5. The Morgan fingerprint density at radius 2 is 2.11 bits per heavy atom. The Morgan fingerprint density at radius 1 is 1.32 bits per heavy atom. The number of hydrogen-bond acceptors (Lipinski definition) is 2. The SMILES string of the molecule is CCCCOC1CCC(=O)N(Cc2ccccc2)C1. The van der Waals surface area contributed by atoms with Gasteiger partial charge in [-0.05, 0) is 18.4 Å². The van der Waals surface area contributed by atoms with Crippen LogP contribution < -0.4 is 0 Å². The molecule has 0 saturated carbocycles. The summed E-state index contributed by atoms with van der Waals surface area (Å²) >= 11 is 0. The number of unbranched alkanes of at least 4 members (excludes halogenated alkanes) is 1. The van der Waals surface area contributed by atoms with Gasteiger partial charge in [-0.15, -0.1) is 0 Å². The molecule has 0 N–H and O–H groups in total. The second-order valence-electron chi connectivity index (χ2n) is 5.14. The first-order chi connectivity index (χ1) is 9.29. The number of likely N-dealkylation sites (tertiary alicyclic amines) is 1. The second kappa shape index (κ2) is 7.29. The molecule has 1 unspecified atom stereocenters. The summed E-state index contributed by atoms with van der Waals surface area (Å²) in [5, 5.41) is 0. The Kier molecular flexibility index (Phi) is 5.40. The molecule has 19 heavy (non-hydrogen) atoms. The Hall–Kier alpha value is -1.35. The van der Waals surface area contributed by atoms with Crippen LogP contribution in [0.5, 0.6) is 0 Å². The minimum absolute atomic E-state index is 0.216. The van der Waals surface area contributed by atoms with Crippen LogP contribution in [0, 0.1) is 0 Å². The molecule has 0 aromatic heterocycles. The van der Waals surface area contributed by atoms with Crippen molar-refractivity contribution in [3.8, 4) is 0 Å². The van der Waals surface area contributed by atoms with Gasteiger partial charge in [-0.2, -0.15) is 0 Å². The summed E-state index contributed by atoms with van der Waals surface area (Å²) in [5.74, 6) is 0.249. The van der Waals surface area contributed by atoms with Crippen molar-refractivity contribution in [1.82, 2.24) is 4.90 Å². The summed E-state index contributed by atoms with van der Waals surface area (Å²) in [6, 6.07) is 10.2. The number of carbonyl (C=O) groups is 1. The van der Waals surface area contributed by atoms with Gasteiger partial charge in [-0.25, -0.2) is 0 Å². The fourth-order valence-electron chi connectivity index (χ4n) is 2.37. The van der Waals surface area contributed by atoms with Gasteiger partial charge >= 0.3 is 0 Å². The van der Waals surface area contributed by atoms with Gasteiger partial charge in [0.25, 0.3) is 0 Å². The standard InChI is InChI=1S/C16H23NO2/c1-2-3-11-19-15-9-10-16(18)17(13-15)12-14-7-5-4-6-8-14/h4-8,15H,2-3,9-13H2,1H3. The van der Waals surface area contributed by atoms with Gasteiger partial charge in [0.1, 0.15) is 0 Å². The van der Waals surface area contributed by atoms with Crippen LogP contribution in [0.1, 0.15) is 38.2 Å². The third kappa shape index (κ3) is 4.35. The van der Waals surface area contributed by atoms with Crippen molar-refractivity contribution in [3.05, 3.63) is 35.9 Å². The first-order valence-electron chi connectivity index (χ1n) is 7.23. The Morgan fingerprint density at radius 3 is 2.84 bits per heavy atom. The maximum absolute atomic E-state index is 11.9. The van der Waals surface area contributed by atoms with E-state index in [1.165, 1.54) is 5.56 Å². The Labute approximate surface area is 115 Å². The van der Waals surface area contributed by atoms with Gasteiger partial charge in [0.05, 0.1) is 6.10 Å². The largest absolute Gasteiger partial charge is 0.376 e. The van der Waals surface area contributed by atoms with Crippen molar-refractivity contribution in [2.24, 2.45) is 0 Å². The van der Waals surface area contributed by atoms with E-state index in [0.717, 1.165) is 32.4 Å². The first-order valence-corrected chi connectivity index (χ1v) is 7.23. The molecule has 3 nitrogen and oxygen atoms in total.